The molecule has 0 unspecified atom stereocenters. The highest BCUT2D eigenvalue weighted by atomic mass is 35.5. The lowest BCUT2D eigenvalue weighted by molar-refractivity contribution is 0.627. The van der Waals surface area contributed by atoms with E-state index in [0.717, 1.165) is 22.3 Å². The van der Waals surface area contributed by atoms with Crippen LogP contribution in [-0.2, 0) is 0 Å². The first kappa shape index (κ1) is 14.6. The molecule has 0 heterocycles. The molecule has 22 heavy (non-hydrogen) atoms. The van der Waals surface area contributed by atoms with Gasteiger partial charge in [-0.15, -0.1) is 0 Å². The molecule has 0 N–H and O–H groups in total. The van der Waals surface area contributed by atoms with Gasteiger partial charge in [0.1, 0.15) is 5.82 Å². The molecule has 3 rings (SSSR count). The smallest absolute Gasteiger partial charge is 0.123 e. The summed E-state index contributed by atoms with van der Waals surface area (Å²) < 4.78 is 13.2. The minimum Gasteiger partial charge on any atom is -0.207 e. The van der Waals surface area contributed by atoms with Crippen molar-refractivity contribution in [1.29, 1.82) is 0 Å². The number of benzene rings is 3. The largest absolute Gasteiger partial charge is 0.207 e. The van der Waals surface area contributed by atoms with Crippen molar-refractivity contribution in [1.82, 2.24) is 0 Å². The molecule has 0 aliphatic heterocycles. The van der Waals surface area contributed by atoms with Gasteiger partial charge in [0.15, 0.2) is 0 Å². The van der Waals surface area contributed by atoms with E-state index in [2.05, 4.69) is 0 Å². The third-order valence-electron chi connectivity index (χ3n) is 3.44. The van der Waals surface area contributed by atoms with Gasteiger partial charge in [-0.05, 0) is 28.8 Å². The average Bonchev–Trinajstić information content (AvgIpc) is 2.58. The summed E-state index contributed by atoms with van der Waals surface area (Å²) in [5.41, 5.74) is 3.73. The lowest BCUT2D eigenvalue weighted by atomic mass is 9.95. The molecule has 0 fully saturated rings. The van der Waals surface area contributed by atoms with E-state index in [0.29, 0.717) is 5.03 Å². The Morgan fingerprint density at radius 3 is 1.59 bits per heavy atom. The second-order valence-corrected chi connectivity index (χ2v) is 5.31. The SMILES string of the molecule is Fc1ccc(C(=C(Cl)c2ccccc2)c2ccccc2)cc1. The van der Waals surface area contributed by atoms with Crippen LogP contribution in [-0.4, -0.2) is 0 Å². The summed E-state index contributed by atoms with van der Waals surface area (Å²) in [5.74, 6) is -0.257. The molecule has 0 aromatic heterocycles. The molecule has 0 aliphatic carbocycles. The maximum absolute atomic E-state index is 13.2. The lowest BCUT2D eigenvalue weighted by Gasteiger charge is -2.12. The van der Waals surface area contributed by atoms with Crippen LogP contribution in [0.3, 0.4) is 0 Å². The Morgan fingerprint density at radius 1 is 0.591 bits per heavy atom. The summed E-state index contributed by atoms with van der Waals surface area (Å²) in [6.07, 6.45) is 0. The van der Waals surface area contributed by atoms with Crippen LogP contribution in [0.2, 0.25) is 0 Å². The van der Waals surface area contributed by atoms with E-state index in [4.69, 9.17) is 11.6 Å². The van der Waals surface area contributed by atoms with Gasteiger partial charge in [0.05, 0.1) is 5.03 Å². The van der Waals surface area contributed by atoms with E-state index in [9.17, 15) is 4.39 Å². The van der Waals surface area contributed by atoms with Crippen molar-refractivity contribution < 1.29 is 4.39 Å². The van der Waals surface area contributed by atoms with Crippen LogP contribution >= 0.6 is 11.6 Å². The molecule has 0 nitrogen and oxygen atoms in total. The van der Waals surface area contributed by atoms with E-state index < -0.39 is 0 Å². The second kappa shape index (κ2) is 6.59. The summed E-state index contributed by atoms with van der Waals surface area (Å²) in [6.45, 7) is 0. The van der Waals surface area contributed by atoms with Gasteiger partial charge in [0.2, 0.25) is 0 Å². The number of rotatable bonds is 3. The van der Waals surface area contributed by atoms with Crippen molar-refractivity contribution in [2.75, 3.05) is 0 Å². The molecule has 0 amide bonds. The molecule has 0 radical (unpaired) electrons. The zero-order valence-electron chi connectivity index (χ0n) is 11.8. The van der Waals surface area contributed by atoms with Crippen LogP contribution in [0, 0.1) is 5.82 Å². The fourth-order valence-corrected chi connectivity index (χ4v) is 2.71. The number of hydrogen-bond acceptors (Lipinski definition) is 0. The van der Waals surface area contributed by atoms with Gasteiger partial charge in [0, 0.05) is 5.57 Å². The summed E-state index contributed by atoms with van der Waals surface area (Å²) in [5, 5.41) is 0.651. The highest BCUT2D eigenvalue weighted by molar-refractivity contribution is 6.53. The molecule has 0 atom stereocenters. The van der Waals surface area contributed by atoms with Gasteiger partial charge in [-0.25, -0.2) is 4.39 Å². The first-order valence-corrected chi connectivity index (χ1v) is 7.40. The molecular formula is C20H14ClF. The molecule has 3 aromatic rings. The molecule has 0 aliphatic rings. The third-order valence-corrected chi connectivity index (χ3v) is 3.85. The fraction of sp³-hybridized carbons (Fsp3) is 0. The van der Waals surface area contributed by atoms with Gasteiger partial charge < -0.3 is 0 Å². The average molecular weight is 309 g/mol. The van der Waals surface area contributed by atoms with Crippen LogP contribution in [0.4, 0.5) is 4.39 Å². The van der Waals surface area contributed by atoms with E-state index in [1.807, 2.05) is 60.7 Å². The molecular weight excluding hydrogens is 295 g/mol. The number of hydrogen-bond donors (Lipinski definition) is 0. The molecule has 2 heteroatoms. The standard InChI is InChI=1S/C20H14ClF/c21-20(17-9-5-2-6-10-17)19(15-7-3-1-4-8-15)16-11-13-18(22)14-12-16/h1-14H. The predicted molar refractivity (Wildman–Crippen MR) is 91.1 cm³/mol. The van der Waals surface area contributed by atoms with Crippen molar-refractivity contribution in [3.63, 3.8) is 0 Å². The normalized spacial score (nSPS) is 11.9. The zero-order valence-corrected chi connectivity index (χ0v) is 12.6. The zero-order chi connectivity index (χ0) is 15.4. The van der Waals surface area contributed by atoms with Crippen LogP contribution in [0.1, 0.15) is 16.7 Å². The fourth-order valence-electron chi connectivity index (χ4n) is 2.37. The minimum atomic E-state index is -0.257. The van der Waals surface area contributed by atoms with Crippen LogP contribution in [0.25, 0.3) is 10.6 Å². The van der Waals surface area contributed by atoms with Crippen LogP contribution in [0.5, 0.6) is 0 Å². The molecule has 0 saturated carbocycles. The molecule has 3 aromatic carbocycles. The monoisotopic (exact) mass is 308 g/mol. The molecule has 0 bridgehead atoms. The quantitative estimate of drug-likeness (QED) is 0.522. The highest BCUT2D eigenvalue weighted by Crippen LogP contribution is 2.34. The summed E-state index contributed by atoms with van der Waals surface area (Å²) in [4.78, 5) is 0. The van der Waals surface area contributed by atoms with Crippen LogP contribution in [0.15, 0.2) is 84.9 Å². The van der Waals surface area contributed by atoms with Crippen molar-refractivity contribution >= 4 is 22.2 Å². The lowest BCUT2D eigenvalue weighted by Crippen LogP contribution is -1.92. The van der Waals surface area contributed by atoms with E-state index in [1.165, 1.54) is 12.1 Å². The van der Waals surface area contributed by atoms with E-state index >= 15 is 0 Å². The maximum atomic E-state index is 13.2. The van der Waals surface area contributed by atoms with Crippen molar-refractivity contribution in [3.05, 3.63) is 107 Å². The first-order valence-electron chi connectivity index (χ1n) is 7.02. The Labute approximate surface area is 134 Å². The minimum absolute atomic E-state index is 0.257. The van der Waals surface area contributed by atoms with Gasteiger partial charge in [-0.1, -0.05) is 84.4 Å². The van der Waals surface area contributed by atoms with Gasteiger partial charge >= 0.3 is 0 Å². The molecule has 0 spiro atoms. The summed E-state index contributed by atoms with van der Waals surface area (Å²) in [6, 6.07) is 26.1. The van der Waals surface area contributed by atoms with Crippen molar-refractivity contribution in [3.8, 4) is 0 Å². The molecule has 108 valence electrons. The van der Waals surface area contributed by atoms with Crippen molar-refractivity contribution in [2.24, 2.45) is 0 Å². The topological polar surface area (TPSA) is 0 Å². The van der Waals surface area contributed by atoms with E-state index in [1.54, 1.807) is 12.1 Å². The predicted octanol–water partition coefficient (Wildman–Crippen LogP) is 5.98. The Balaban J connectivity index is 2.21. The molecule has 0 saturated heterocycles. The van der Waals surface area contributed by atoms with Crippen LogP contribution < -0.4 is 0 Å². The first-order chi connectivity index (χ1) is 10.8. The third kappa shape index (κ3) is 3.10. The Bertz CT molecular complexity index is 775. The highest BCUT2D eigenvalue weighted by Gasteiger charge is 2.12. The Morgan fingerprint density at radius 2 is 1.05 bits per heavy atom. The Hall–Kier alpha value is -2.38. The van der Waals surface area contributed by atoms with Gasteiger partial charge in [0.25, 0.3) is 0 Å². The van der Waals surface area contributed by atoms with E-state index in [-0.39, 0.29) is 5.82 Å². The van der Waals surface area contributed by atoms with Gasteiger partial charge in [-0.2, -0.15) is 0 Å². The second-order valence-electron chi connectivity index (χ2n) is 4.93. The van der Waals surface area contributed by atoms with Gasteiger partial charge in [-0.3, -0.25) is 0 Å². The van der Waals surface area contributed by atoms with Crippen molar-refractivity contribution in [2.45, 2.75) is 0 Å². The number of halogens is 2. The summed E-state index contributed by atoms with van der Waals surface area (Å²) in [7, 11) is 0. The summed E-state index contributed by atoms with van der Waals surface area (Å²) >= 11 is 6.67. The maximum Gasteiger partial charge on any atom is 0.123 e. The Kier molecular flexibility index (Phi) is 4.36.